The summed E-state index contributed by atoms with van der Waals surface area (Å²) in [4.78, 5) is 1.16. The van der Waals surface area contributed by atoms with Crippen LogP contribution in [0.3, 0.4) is 0 Å². The maximum atomic E-state index is 5.92. The highest BCUT2D eigenvalue weighted by molar-refractivity contribution is 7.11. The molecule has 0 aliphatic heterocycles. The number of nitrogen functional groups attached to an aromatic ring is 1. The molecule has 2 N–H and O–H groups in total. The van der Waals surface area contributed by atoms with Crippen molar-refractivity contribution in [3.8, 4) is 0 Å². The van der Waals surface area contributed by atoms with Crippen molar-refractivity contribution in [3.63, 3.8) is 0 Å². The molecule has 1 aromatic heterocycles. The zero-order valence-corrected chi connectivity index (χ0v) is 9.42. The first-order valence-corrected chi connectivity index (χ1v) is 5.76. The quantitative estimate of drug-likeness (QED) is 0.810. The van der Waals surface area contributed by atoms with E-state index >= 15 is 0 Å². The van der Waals surface area contributed by atoms with Gasteiger partial charge in [0, 0.05) is 0 Å². The van der Waals surface area contributed by atoms with E-state index in [0.717, 1.165) is 10.6 Å². The highest BCUT2D eigenvalue weighted by Gasteiger charge is 2.07. The molecule has 0 saturated heterocycles. The lowest BCUT2D eigenvalue weighted by Gasteiger charge is -2.05. The monoisotopic (exact) mass is 215 g/mol. The number of rotatable bonds is 2. The van der Waals surface area contributed by atoms with E-state index in [1.54, 1.807) is 11.3 Å². The molecule has 0 amide bonds. The molecular weight excluding hydrogens is 202 g/mol. The lowest BCUT2D eigenvalue weighted by Crippen LogP contribution is -1.89. The van der Waals surface area contributed by atoms with Gasteiger partial charge in [-0.2, -0.15) is 0 Å². The van der Waals surface area contributed by atoms with Crippen LogP contribution < -0.4 is 5.73 Å². The van der Waals surface area contributed by atoms with Crippen molar-refractivity contribution in [2.24, 2.45) is 0 Å². The normalized spacial score (nSPS) is 11.7. The molecule has 0 saturated carbocycles. The molecule has 0 aliphatic rings. The molecule has 1 aromatic carbocycles. The molecule has 0 spiro atoms. The third-order valence-electron chi connectivity index (χ3n) is 2.31. The maximum absolute atomic E-state index is 5.92. The fourth-order valence-corrected chi connectivity index (χ4v) is 2.50. The van der Waals surface area contributed by atoms with Crippen LogP contribution in [0, 0.1) is 0 Å². The molecule has 76 valence electrons. The van der Waals surface area contributed by atoms with Gasteiger partial charge in [0.2, 0.25) is 0 Å². The van der Waals surface area contributed by atoms with Crippen molar-refractivity contribution in [1.82, 2.24) is 0 Å². The van der Waals surface area contributed by atoms with Crippen LogP contribution in [0.1, 0.15) is 17.4 Å². The van der Waals surface area contributed by atoms with Crippen molar-refractivity contribution < 1.29 is 0 Å². The largest absolute Gasteiger partial charge is 0.398 e. The van der Waals surface area contributed by atoms with Crippen LogP contribution in [-0.4, -0.2) is 0 Å². The number of allylic oxidation sites excluding steroid dienone is 1. The molecular formula is C13H13NS. The molecule has 2 aromatic rings. The van der Waals surface area contributed by atoms with Gasteiger partial charge in [-0.1, -0.05) is 36.4 Å². The first kappa shape index (κ1) is 9.99. The van der Waals surface area contributed by atoms with Gasteiger partial charge in [-0.3, -0.25) is 0 Å². The Morgan fingerprint density at radius 3 is 2.47 bits per heavy atom. The van der Waals surface area contributed by atoms with Crippen LogP contribution in [0.15, 0.2) is 47.9 Å². The van der Waals surface area contributed by atoms with Gasteiger partial charge in [0.1, 0.15) is 0 Å². The van der Waals surface area contributed by atoms with Gasteiger partial charge in [0.25, 0.3) is 0 Å². The standard InChI is InChI=1S/C13H13NS/c1-2-11(10-6-4-3-5-7-10)13-12(14)8-9-15-13/h2-9H,14H2,1H3/b11-2+. The Bertz CT molecular complexity index is 468. The van der Waals surface area contributed by atoms with Gasteiger partial charge in [-0.15, -0.1) is 11.3 Å². The molecule has 2 rings (SSSR count). The highest BCUT2D eigenvalue weighted by atomic mass is 32.1. The summed E-state index contributed by atoms with van der Waals surface area (Å²) in [7, 11) is 0. The number of thiophene rings is 1. The second-order valence-electron chi connectivity index (χ2n) is 3.27. The van der Waals surface area contributed by atoms with Gasteiger partial charge in [0.15, 0.2) is 0 Å². The second kappa shape index (κ2) is 4.32. The van der Waals surface area contributed by atoms with E-state index in [-0.39, 0.29) is 0 Å². The number of hydrogen-bond acceptors (Lipinski definition) is 2. The molecule has 0 atom stereocenters. The third-order valence-corrected chi connectivity index (χ3v) is 3.28. The molecule has 0 radical (unpaired) electrons. The summed E-state index contributed by atoms with van der Waals surface area (Å²) >= 11 is 1.68. The minimum absolute atomic E-state index is 0.858. The molecule has 0 bridgehead atoms. The van der Waals surface area contributed by atoms with Crippen LogP contribution in [0.5, 0.6) is 0 Å². The van der Waals surface area contributed by atoms with Gasteiger partial charge in [-0.25, -0.2) is 0 Å². The molecule has 0 aliphatic carbocycles. The Morgan fingerprint density at radius 2 is 1.93 bits per heavy atom. The van der Waals surface area contributed by atoms with E-state index in [0.29, 0.717) is 0 Å². The Hall–Kier alpha value is -1.54. The first-order valence-electron chi connectivity index (χ1n) is 4.88. The van der Waals surface area contributed by atoms with Crippen LogP contribution in [0.25, 0.3) is 5.57 Å². The number of nitrogens with two attached hydrogens (primary N) is 1. The van der Waals surface area contributed by atoms with Crippen molar-refractivity contribution >= 4 is 22.6 Å². The van der Waals surface area contributed by atoms with E-state index in [2.05, 4.69) is 18.2 Å². The predicted octanol–water partition coefficient (Wildman–Crippen LogP) is 3.78. The number of anilines is 1. The number of hydrogen-bond donors (Lipinski definition) is 1. The summed E-state index contributed by atoms with van der Waals surface area (Å²) in [5.74, 6) is 0. The van der Waals surface area contributed by atoms with Gasteiger partial charge < -0.3 is 5.73 Å². The topological polar surface area (TPSA) is 26.0 Å². The summed E-state index contributed by atoms with van der Waals surface area (Å²) in [6, 6.07) is 12.3. The molecule has 0 fully saturated rings. The minimum atomic E-state index is 0.858. The Labute approximate surface area is 93.9 Å². The van der Waals surface area contributed by atoms with Gasteiger partial charge in [0.05, 0.1) is 10.6 Å². The maximum Gasteiger partial charge on any atom is 0.0574 e. The van der Waals surface area contributed by atoms with E-state index in [1.807, 2.05) is 36.6 Å². The van der Waals surface area contributed by atoms with Crippen LogP contribution in [0.2, 0.25) is 0 Å². The van der Waals surface area contributed by atoms with Gasteiger partial charge in [-0.05, 0) is 29.5 Å². The van der Waals surface area contributed by atoms with E-state index in [1.165, 1.54) is 11.1 Å². The summed E-state index contributed by atoms with van der Waals surface area (Å²) < 4.78 is 0. The Morgan fingerprint density at radius 1 is 1.20 bits per heavy atom. The highest BCUT2D eigenvalue weighted by Crippen LogP contribution is 2.32. The summed E-state index contributed by atoms with van der Waals surface area (Å²) in [5, 5.41) is 2.02. The van der Waals surface area contributed by atoms with Crippen LogP contribution in [0.4, 0.5) is 5.69 Å². The Balaban J connectivity index is 2.48. The van der Waals surface area contributed by atoms with Gasteiger partial charge >= 0.3 is 0 Å². The summed E-state index contributed by atoms with van der Waals surface area (Å²) in [5.41, 5.74) is 9.21. The number of benzene rings is 1. The first-order chi connectivity index (χ1) is 7.33. The van der Waals surface area contributed by atoms with Crippen molar-refractivity contribution in [2.45, 2.75) is 6.92 Å². The van der Waals surface area contributed by atoms with Crippen molar-refractivity contribution in [2.75, 3.05) is 5.73 Å². The van der Waals surface area contributed by atoms with Crippen molar-refractivity contribution in [1.29, 1.82) is 0 Å². The molecule has 0 unspecified atom stereocenters. The van der Waals surface area contributed by atoms with Crippen LogP contribution >= 0.6 is 11.3 Å². The predicted molar refractivity (Wildman–Crippen MR) is 67.9 cm³/mol. The summed E-state index contributed by atoms with van der Waals surface area (Å²) in [6.07, 6.45) is 2.11. The molecule has 15 heavy (non-hydrogen) atoms. The summed E-state index contributed by atoms with van der Waals surface area (Å²) in [6.45, 7) is 2.04. The van der Waals surface area contributed by atoms with Crippen LogP contribution in [-0.2, 0) is 0 Å². The SMILES string of the molecule is C/C=C(\c1ccccc1)c1sccc1N. The average molecular weight is 215 g/mol. The minimum Gasteiger partial charge on any atom is -0.398 e. The average Bonchev–Trinajstić information content (AvgIpc) is 2.68. The lowest BCUT2D eigenvalue weighted by molar-refractivity contribution is 1.58. The third kappa shape index (κ3) is 1.95. The zero-order valence-electron chi connectivity index (χ0n) is 8.60. The smallest absolute Gasteiger partial charge is 0.0574 e. The molecule has 1 nitrogen and oxygen atoms in total. The fourth-order valence-electron chi connectivity index (χ4n) is 1.58. The van der Waals surface area contributed by atoms with E-state index < -0.39 is 0 Å². The second-order valence-corrected chi connectivity index (χ2v) is 4.19. The Kier molecular flexibility index (Phi) is 2.88. The zero-order chi connectivity index (χ0) is 10.7. The van der Waals surface area contributed by atoms with E-state index in [9.17, 15) is 0 Å². The fraction of sp³-hybridized carbons (Fsp3) is 0.0769. The van der Waals surface area contributed by atoms with E-state index in [4.69, 9.17) is 5.73 Å². The molecule has 1 heterocycles. The molecule has 2 heteroatoms. The lowest BCUT2D eigenvalue weighted by atomic mass is 10.0. The van der Waals surface area contributed by atoms with Crippen molar-refractivity contribution in [3.05, 3.63) is 58.3 Å².